The van der Waals surface area contributed by atoms with Crippen molar-refractivity contribution in [3.05, 3.63) is 53.6 Å². The average Bonchev–Trinajstić information content (AvgIpc) is 2.95. The second-order valence-corrected chi connectivity index (χ2v) is 6.65. The fourth-order valence-corrected chi connectivity index (χ4v) is 3.48. The molecular formula is C19H27N3O. The molecule has 1 atom stereocenters. The minimum Gasteiger partial charge on any atom is -0.380 e. The molecule has 2 aromatic rings. The van der Waals surface area contributed by atoms with Gasteiger partial charge in [-0.15, -0.1) is 0 Å². The van der Waals surface area contributed by atoms with E-state index in [0.717, 1.165) is 18.9 Å². The molecule has 2 heterocycles. The molecular weight excluding hydrogens is 286 g/mol. The molecule has 0 bridgehead atoms. The maximum atomic E-state index is 5.17. The van der Waals surface area contributed by atoms with Crippen LogP contribution in [0.1, 0.15) is 29.8 Å². The molecule has 1 aliphatic rings. The molecule has 1 fully saturated rings. The number of piperidine rings is 1. The molecule has 1 aromatic carbocycles. The standard InChI is InChI=1S/C19H27N3O/c1-21-11-9-20-19(21)12-18-4-3-10-22(14-18)13-16-5-7-17(8-6-16)15-23-2/h5-9,11,18H,3-4,10,12-15H2,1-2H3/t18-/m0/s1. The Bertz CT molecular complexity index is 605. The molecule has 1 saturated heterocycles. The number of nitrogens with zero attached hydrogens (tertiary/aromatic N) is 3. The van der Waals surface area contributed by atoms with Gasteiger partial charge in [-0.1, -0.05) is 24.3 Å². The third-order valence-electron chi connectivity index (χ3n) is 4.74. The van der Waals surface area contributed by atoms with Crippen molar-refractivity contribution in [3.63, 3.8) is 0 Å². The van der Waals surface area contributed by atoms with Crippen molar-refractivity contribution in [2.45, 2.75) is 32.4 Å². The Balaban J connectivity index is 1.55. The Labute approximate surface area is 139 Å². The van der Waals surface area contributed by atoms with Crippen molar-refractivity contribution in [1.29, 1.82) is 0 Å². The van der Waals surface area contributed by atoms with Gasteiger partial charge in [0, 0.05) is 46.1 Å². The molecule has 4 nitrogen and oxygen atoms in total. The highest BCUT2D eigenvalue weighted by molar-refractivity contribution is 5.22. The fourth-order valence-electron chi connectivity index (χ4n) is 3.48. The smallest absolute Gasteiger partial charge is 0.108 e. The van der Waals surface area contributed by atoms with E-state index in [9.17, 15) is 0 Å². The molecule has 0 unspecified atom stereocenters. The van der Waals surface area contributed by atoms with Gasteiger partial charge in [0.05, 0.1) is 6.61 Å². The minimum atomic E-state index is 0.690. The van der Waals surface area contributed by atoms with Gasteiger partial charge in [0.2, 0.25) is 0 Å². The van der Waals surface area contributed by atoms with Crippen LogP contribution < -0.4 is 0 Å². The first-order valence-electron chi connectivity index (χ1n) is 8.50. The molecule has 0 radical (unpaired) electrons. The quantitative estimate of drug-likeness (QED) is 0.821. The van der Waals surface area contributed by atoms with E-state index in [1.54, 1.807) is 7.11 Å². The van der Waals surface area contributed by atoms with Crippen LogP contribution in [-0.2, 0) is 31.4 Å². The molecule has 4 heteroatoms. The van der Waals surface area contributed by atoms with E-state index in [1.165, 1.54) is 42.9 Å². The highest BCUT2D eigenvalue weighted by Gasteiger charge is 2.21. The van der Waals surface area contributed by atoms with Gasteiger partial charge >= 0.3 is 0 Å². The Kier molecular flexibility index (Phi) is 5.47. The van der Waals surface area contributed by atoms with E-state index >= 15 is 0 Å². The van der Waals surface area contributed by atoms with E-state index in [2.05, 4.69) is 45.8 Å². The zero-order valence-electron chi connectivity index (χ0n) is 14.2. The number of likely N-dealkylation sites (tertiary alicyclic amines) is 1. The van der Waals surface area contributed by atoms with Crippen molar-refractivity contribution < 1.29 is 4.74 Å². The molecule has 3 rings (SSSR count). The number of hydrogen-bond acceptors (Lipinski definition) is 3. The van der Waals surface area contributed by atoms with E-state index in [0.29, 0.717) is 6.61 Å². The molecule has 1 aromatic heterocycles. The Morgan fingerprint density at radius 3 is 2.70 bits per heavy atom. The number of rotatable bonds is 6. The van der Waals surface area contributed by atoms with Gasteiger partial charge in [0.1, 0.15) is 5.82 Å². The molecule has 124 valence electrons. The third kappa shape index (κ3) is 4.43. The van der Waals surface area contributed by atoms with E-state index in [4.69, 9.17) is 4.74 Å². The summed E-state index contributed by atoms with van der Waals surface area (Å²) < 4.78 is 7.32. The third-order valence-corrected chi connectivity index (χ3v) is 4.74. The van der Waals surface area contributed by atoms with E-state index < -0.39 is 0 Å². The van der Waals surface area contributed by atoms with Crippen LogP contribution in [0, 0.1) is 5.92 Å². The molecule has 0 aliphatic carbocycles. The first kappa shape index (κ1) is 16.2. The van der Waals surface area contributed by atoms with E-state index in [1.807, 2.05) is 12.4 Å². The number of ether oxygens (including phenoxy) is 1. The molecule has 0 amide bonds. The first-order chi connectivity index (χ1) is 11.2. The van der Waals surface area contributed by atoms with E-state index in [-0.39, 0.29) is 0 Å². The van der Waals surface area contributed by atoms with Crippen molar-refractivity contribution in [2.75, 3.05) is 20.2 Å². The van der Waals surface area contributed by atoms with Gasteiger partial charge in [-0.2, -0.15) is 0 Å². The van der Waals surface area contributed by atoms with Crippen molar-refractivity contribution >= 4 is 0 Å². The summed E-state index contributed by atoms with van der Waals surface area (Å²) in [5, 5.41) is 0. The van der Waals surface area contributed by atoms with Crippen LogP contribution in [0.2, 0.25) is 0 Å². The Morgan fingerprint density at radius 2 is 2.00 bits per heavy atom. The summed E-state index contributed by atoms with van der Waals surface area (Å²) in [5.74, 6) is 1.93. The molecule has 0 spiro atoms. The van der Waals surface area contributed by atoms with Gasteiger partial charge in [0.25, 0.3) is 0 Å². The van der Waals surface area contributed by atoms with Gasteiger partial charge < -0.3 is 9.30 Å². The van der Waals surface area contributed by atoms with Gasteiger partial charge in [-0.05, 0) is 36.4 Å². The van der Waals surface area contributed by atoms with Gasteiger partial charge in [-0.25, -0.2) is 4.98 Å². The zero-order chi connectivity index (χ0) is 16.1. The van der Waals surface area contributed by atoms with Crippen LogP contribution in [-0.4, -0.2) is 34.7 Å². The summed E-state index contributed by atoms with van der Waals surface area (Å²) in [7, 11) is 3.83. The summed E-state index contributed by atoms with van der Waals surface area (Å²) in [6.07, 6.45) is 7.63. The van der Waals surface area contributed by atoms with Crippen molar-refractivity contribution in [2.24, 2.45) is 13.0 Å². The Morgan fingerprint density at radius 1 is 1.22 bits per heavy atom. The van der Waals surface area contributed by atoms with Gasteiger partial charge in [0.15, 0.2) is 0 Å². The molecule has 23 heavy (non-hydrogen) atoms. The molecule has 0 N–H and O–H groups in total. The van der Waals surface area contributed by atoms with Gasteiger partial charge in [-0.3, -0.25) is 4.90 Å². The maximum Gasteiger partial charge on any atom is 0.108 e. The highest BCUT2D eigenvalue weighted by Crippen LogP contribution is 2.21. The lowest BCUT2D eigenvalue weighted by Crippen LogP contribution is -2.36. The summed E-state index contributed by atoms with van der Waals surface area (Å²) in [4.78, 5) is 7.06. The number of methoxy groups -OCH3 is 1. The highest BCUT2D eigenvalue weighted by atomic mass is 16.5. The fraction of sp³-hybridized carbons (Fsp3) is 0.526. The normalized spacial score (nSPS) is 19.1. The Hall–Kier alpha value is -1.65. The number of aryl methyl sites for hydroxylation is 1. The summed E-state index contributed by atoms with van der Waals surface area (Å²) in [6, 6.07) is 8.82. The lowest BCUT2D eigenvalue weighted by Gasteiger charge is -2.32. The summed E-state index contributed by atoms with van der Waals surface area (Å²) in [6.45, 7) is 4.11. The predicted molar refractivity (Wildman–Crippen MR) is 92.1 cm³/mol. The number of benzene rings is 1. The second-order valence-electron chi connectivity index (χ2n) is 6.65. The average molecular weight is 313 g/mol. The first-order valence-corrected chi connectivity index (χ1v) is 8.50. The molecule has 1 aliphatic heterocycles. The van der Waals surface area contributed by atoms with Crippen LogP contribution in [0.25, 0.3) is 0 Å². The molecule has 0 saturated carbocycles. The number of hydrogen-bond donors (Lipinski definition) is 0. The predicted octanol–water partition coefficient (Wildman–Crippen LogP) is 3.02. The summed E-state index contributed by atoms with van der Waals surface area (Å²) in [5.41, 5.74) is 2.63. The van der Waals surface area contributed by atoms with Crippen LogP contribution in [0.15, 0.2) is 36.7 Å². The zero-order valence-corrected chi connectivity index (χ0v) is 14.2. The minimum absolute atomic E-state index is 0.690. The second kappa shape index (κ2) is 7.75. The van der Waals surface area contributed by atoms with Crippen LogP contribution >= 0.6 is 0 Å². The van der Waals surface area contributed by atoms with Crippen LogP contribution in [0.4, 0.5) is 0 Å². The number of aromatic nitrogens is 2. The number of imidazole rings is 1. The van der Waals surface area contributed by atoms with Crippen molar-refractivity contribution in [1.82, 2.24) is 14.5 Å². The van der Waals surface area contributed by atoms with Crippen LogP contribution in [0.5, 0.6) is 0 Å². The maximum absolute atomic E-state index is 5.17. The topological polar surface area (TPSA) is 30.3 Å². The largest absolute Gasteiger partial charge is 0.380 e. The SMILES string of the molecule is COCc1ccc(CN2CCC[C@@H](Cc3nccn3C)C2)cc1. The lowest BCUT2D eigenvalue weighted by atomic mass is 9.94. The monoisotopic (exact) mass is 313 g/mol. The lowest BCUT2D eigenvalue weighted by molar-refractivity contribution is 0.165. The van der Waals surface area contributed by atoms with Crippen molar-refractivity contribution in [3.8, 4) is 0 Å². The summed E-state index contributed by atoms with van der Waals surface area (Å²) >= 11 is 0. The van der Waals surface area contributed by atoms with Crippen LogP contribution in [0.3, 0.4) is 0 Å².